The number of anilines is 4. The standard InChI is InChI=1S/C28H30N6O4S/c1-37-24-5-2-19-14-21(18-30-26(19)17-24)31-27-8-9-29-28(33-27)32-20-3-6-23(7-4-20)38-25-15-22(16-25)34-10-12-39(35,36)13-11-34/h2-9,14,17-18,22,25H,10-13,15-16H2,1H3,(H2,29,31,32,33). The largest absolute Gasteiger partial charge is 0.497 e. The number of fused-ring (bicyclic) bond motifs is 1. The quantitative estimate of drug-likeness (QED) is 0.333. The smallest absolute Gasteiger partial charge is 0.229 e. The number of pyridine rings is 1. The van der Waals surface area contributed by atoms with E-state index in [2.05, 4.69) is 30.5 Å². The monoisotopic (exact) mass is 546 g/mol. The normalized spacial score (nSPS) is 20.6. The molecule has 2 aromatic heterocycles. The van der Waals surface area contributed by atoms with Crippen LogP contribution in [0.15, 0.2) is 67.0 Å². The fraction of sp³-hybridized carbons (Fsp3) is 0.321. The minimum Gasteiger partial charge on any atom is -0.497 e. The van der Waals surface area contributed by atoms with Crippen molar-refractivity contribution in [3.05, 3.63) is 67.0 Å². The first kappa shape index (κ1) is 25.3. The molecule has 1 saturated carbocycles. The van der Waals surface area contributed by atoms with Crippen LogP contribution in [0.5, 0.6) is 11.5 Å². The van der Waals surface area contributed by atoms with Crippen molar-refractivity contribution < 1.29 is 17.9 Å². The maximum absolute atomic E-state index is 11.6. The molecule has 39 heavy (non-hydrogen) atoms. The zero-order valence-electron chi connectivity index (χ0n) is 21.6. The summed E-state index contributed by atoms with van der Waals surface area (Å²) in [6, 6.07) is 17.7. The van der Waals surface area contributed by atoms with E-state index >= 15 is 0 Å². The predicted octanol–water partition coefficient (Wildman–Crippen LogP) is 4.16. The number of ether oxygens (including phenoxy) is 2. The predicted molar refractivity (Wildman–Crippen MR) is 151 cm³/mol. The second kappa shape index (κ2) is 10.7. The summed E-state index contributed by atoms with van der Waals surface area (Å²) < 4.78 is 34.7. The minimum atomic E-state index is -2.85. The van der Waals surface area contributed by atoms with Crippen LogP contribution in [0.1, 0.15) is 12.8 Å². The number of rotatable bonds is 8. The molecule has 2 aromatic carbocycles. The lowest BCUT2D eigenvalue weighted by molar-refractivity contribution is 0.0212. The van der Waals surface area contributed by atoms with Crippen molar-refractivity contribution in [3.8, 4) is 11.5 Å². The topological polar surface area (TPSA) is 119 Å². The number of benzene rings is 2. The first-order valence-corrected chi connectivity index (χ1v) is 14.8. The molecule has 0 atom stereocenters. The number of nitrogens with zero attached hydrogens (tertiary/aromatic N) is 4. The van der Waals surface area contributed by atoms with Crippen LogP contribution in [0.3, 0.4) is 0 Å². The minimum absolute atomic E-state index is 0.157. The summed E-state index contributed by atoms with van der Waals surface area (Å²) >= 11 is 0. The van der Waals surface area contributed by atoms with E-state index in [0.29, 0.717) is 30.9 Å². The fourth-order valence-corrected chi connectivity index (χ4v) is 6.12. The molecule has 3 heterocycles. The Bertz CT molecular complexity index is 1560. The van der Waals surface area contributed by atoms with Gasteiger partial charge in [0.15, 0.2) is 9.84 Å². The number of aromatic nitrogens is 3. The summed E-state index contributed by atoms with van der Waals surface area (Å²) in [4.78, 5) is 15.7. The third kappa shape index (κ3) is 6.04. The van der Waals surface area contributed by atoms with E-state index < -0.39 is 9.84 Å². The van der Waals surface area contributed by atoms with Gasteiger partial charge in [-0.05, 0) is 48.5 Å². The molecule has 0 spiro atoms. The zero-order chi connectivity index (χ0) is 26.8. The van der Waals surface area contributed by atoms with E-state index in [9.17, 15) is 8.42 Å². The molecule has 0 amide bonds. The first-order chi connectivity index (χ1) is 18.9. The molecule has 0 radical (unpaired) electrons. The van der Waals surface area contributed by atoms with Gasteiger partial charge in [0.25, 0.3) is 0 Å². The van der Waals surface area contributed by atoms with Gasteiger partial charge in [0, 0.05) is 55.3 Å². The third-order valence-corrected chi connectivity index (χ3v) is 8.81. The van der Waals surface area contributed by atoms with Crippen molar-refractivity contribution >= 4 is 43.9 Å². The average molecular weight is 547 g/mol. The summed E-state index contributed by atoms with van der Waals surface area (Å²) in [5, 5.41) is 7.52. The highest BCUT2D eigenvalue weighted by atomic mass is 32.2. The Kier molecular flexibility index (Phi) is 6.92. The van der Waals surface area contributed by atoms with Crippen LogP contribution in [-0.4, -0.2) is 72.1 Å². The molecule has 1 aliphatic carbocycles. The maximum Gasteiger partial charge on any atom is 0.229 e. The second-order valence-electron chi connectivity index (χ2n) is 9.88. The molecule has 10 nitrogen and oxygen atoms in total. The van der Waals surface area contributed by atoms with E-state index in [0.717, 1.165) is 46.6 Å². The lowest BCUT2D eigenvalue weighted by Crippen LogP contribution is -2.53. The molecule has 0 bridgehead atoms. The van der Waals surface area contributed by atoms with Crippen LogP contribution in [0.2, 0.25) is 0 Å². The molecular formula is C28H30N6O4S. The summed E-state index contributed by atoms with van der Waals surface area (Å²) in [6.07, 6.45) is 5.46. The van der Waals surface area contributed by atoms with E-state index in [1.54, 1.807) is 25.6 Å². The van der Waals surface area contributed by atoms with E-state index in [1.165, 1.54) is 0 Å². The van der Waals surface area contributed by atoms with Gasteiger partial charge in [0.2, 0.25) is 5.95 Å². The third-order valence-electron chi connectivity index (χ3n) is 7.20. The Morgan fingerprint density at radius 1 is 0.897 bits per heavy atom. The van der Waals surface area contributed by atoms with Gasteiger partial charge in [-0.2, -0.15) is 4.98 Å². The summed E-state index contributed by atoms with van der Waals surface area (Å²) in [5.41, 5.74) is 2.53. The zero-order valence-corrected chi connectivity index (χ0v) is 22.4. The maximum atomic E-state index is 11.6. The number of methoxy groups -OCH3 is 1. The van der Waals surface area contributed by atoms with Gasteiger partial charge in [0.1, 0.15) is 23.4 Å². The fourth-order valence-electron chi connectivity index (χ4n) is 4.90. The lowest BCUT2D eigenvalue weighted by Gasteiger charge is -2.44. The molecule has 11 heteroatoms. The van der Waals surface area contributed by atoms with Crippen molar-refractivity contribution in [1.29, 1.82) is 0 Å². The van der Waals surface area contributed by atoms with E-state index in [1.807, 2.05) is 48.5 Å². The van der Waals surface area contributed by atoms with Gasteiger partial charge in [-0.1, -0.05) is 0 Å². The summed E-state index contributed by atoms with van der Waals surface area (Å²) in [5.74, 6) is 3.23. The van der Waals surface area contributed by atoms with Gasteiger partial charge < -0.3 is 20.1 Å². The molecule has 4 aromatic rings. The average Bonchev–Trinajstić information content (AvgIpc) is 2.92. The molecule has 202 valence electrons. The highest BCUT2D eigenvalue weighted by molar-refractivity contribution is 7.91. The second-order valence-corrected chi connectivity index (χ2v) is 12.2. The molecule has 1 aliphatic heterocycles. The molecule has 2 fully saturated rings. The summed E-state index contributed by atoms with van der Waals surface area (Å²) in [6.45, 7) is 1.27. The van der Waals surface area contributed by atoms with Crippen molar-refractivity contribution in [2.24, 2.45) is 0 Å². The number of hydrogen-bond donors (Lipinski definition) is 2. The van der Waals surface area contributed by atoms with Gasteiger partial charge in [-0.25, -0.2) is 13.4 Å². The number of nitrogens with one attached hydrogen (secondary N) is 2. The van der Waals surface area contributed by atoms with Crippen LogP contribution in [0.4, 0.5) is 23.1 Å². The Morgan fingerprint density at radius 3 is 2.44 bits per heavy atom. The van der Waals surface area contributed by atoms with Gasteiger partial charge in [-0.3, -0.25) is 9.88 Å². The van der Waals surface area contributed by atoms with Crippen molar-refractivity contribution in [2.45, 2.75) is 25.0 Å². The van der Waals surface area contributed by atoms with E-state index in [-0.39, 0.29) is 17.6 Å². The Hall–Kier alpha value is -3.96. The van der Waals surface area contributed by atoms with Crippen molar-refractivity contribution in [3.63, 3.8) is 0 Å². The van der Waals surface area contributed by atoms with Gasteiger partial charge in [-0.15, -0.1) is 0 Å². The number of sulfone groups is 1. The number of hydrogen-bond acceptors (Lipinski definition) is 10. The first-order valence-electron chi connectivity index (χ1n) is 12.9. The highest BCUT2D eigenvalue weighted by Crippen LogP contribution is 2.31. The van der Waals surface area contributed by atoms with Gasteiger partial charge in [0.05, 0.1) is 36.0 Å². The van der Waals surface area contributed by atoms with Crippen LogP contribution in [-0.2, 0) is 9.84 Å². The van der Waals surface area contributed by atoms with Crippen molar-refractivity contribution in [2.75, 3.05) is 42.3 Å². The SMILES string of the molecule is COc1ccc2cc(Nc3ccnc(Nc4ccc(OC5CC(N6CCS(=O)(=O)CC6)C5)cc4)n3)cnc2c1. The molecule has 0 unspecified atom stereocenters. The Morgan fingerprint density at radius 2 is 1.67 bits per heavy atom. The van der Waals surface area contributed by atoms with Gasteiger partial charge >= 0.3 is 0 Å². The molecule has 1 saturated heterocycles. The molecule has 6 rings (SSSR count). The lowest BCUT2D eigenvalue weighted by atomic mass is 9.87. The molecule has 2 aliphatic rings. The molecular weight excluding hydrogens is 516 g/mol. The van der Waals surface area contributed by atoms with Crippen molar-refractivity contribution in [1.82, 2.24) is 19.9 Å². The molecule has 2 N–H and O–H groups in total. The van der Waals surface area contributed by atoms with Crippen LogP contribution in [0.25, 0.3) is 10.9 Å². The van der Waals surface area contributed by atoms with E-state index in [4.69, 9.17) is 9.47 Å². The van der Waals surface area contributed by atoms with Crippen LogP contribution in [0, 0.1) is 0 Å². The summed E-state index contributed by atoms with van der Waals surface area (Å²) in [7, 11) is -1.21. The highest BCUT2D eigenvalue weighted by Gasteiger charge is 2.37. The van der Waals surface area contributed by atoms with Crippen LogP contribution >= 0.6 is 0 Å². The van der Waals surface area contributed by atoms with Crippen LogP contribution < -0.4 is 20.1 Å². The Labute approximate surface area is 227 Å². The Balaban J connectivity index is 1.02.